The van der Waals surface area contributed by atoms with Crippen LogP contribution in [0.15, 0.2) is 49.2 Å². The third-order valence-corrected chi connectivity index (χ3v) is 3.09. The minimum atomic E-state index is 0.522. The van der Waals surface area contributed by atoms with Crippen molar-refractivity contribution >= 4 is 10.8 Å². The maximum Gasteiger partial charge on any atom is 0.122 e. The van der Waals surface area contributed by atoms with E-state index in [-0.39, 0.29) is 0 Å². The van der Waals surface area contributed by atoms with Crippen molar-refractivity contribution in [3.05, 3.63) is 54.8 Å². The summed E-state index contributed by atoms with van der Waals surface area (Å²) in [5, 5.41) is 2.45. The summed E-state index contributed by atoms with van der Waals surface area (Å²) in [4.78, 5) is 0. The second-order valence-corrected chi connectivity index (χ2v) is 4.81. The predicted molar refractivity (Wildman–Crippen MR) is 79.7 cm³/mol. The molecule has 0 unspecified atom stereocenters. The Morgan fingerprint density at radius 2 is 1.79 bits per heavy atom. The van der Waals surface area contributed by atoms with Crippen molar-refractivity contribution in [2.75, 3.05) is 13.2 Å². The third-order valence-electron chi connectivity index (χ3n) is 3.09. The molecule has 0 heterocycles. The van der Waals surface area contributed by atoms with Crippen molar-refractivity contribution in [1.29, 1.82) is 0 Å². The van der Waals surface area contributed by atoms with Gasteiger partial charge in [-0.05, 0) is 34.4 Å². The van der Waals surface area contributed by atoms with Gasteiger partial charge in [-0.1, -0.05) is 44.7 Å². The van der Waals surface area contributed by atoms with Gasteiger partial charge in [0.05, 0.1) is 6.26 Å². The van der Waals surface area contributed by atoms with Crippen LogP contribution < -0.4 is 4.74 Å². The molecule has 0 atom stereocenters. The summed E-state index contributed by atoms with van der Waals surface area (Å²) >= 11 is 0. The smallest absolute Gasteiger partial charge is 0.122 e. The van der Waals surface area contributed by atoms with Gasteiger partial charge in [-0.25, -0.2) is 0 Å². The first-order chi connectivity index (χ1) is 9.20. The van der Waals surface area contributed by atoms with Crippen molar-refractivity contribution < 1.29 is 9.47 Å². The molecule has 0 spiro atoms. The van der Waals surface area contributed by atoms with Gasteiger partial charge in [0.15, 0.2) is 0 Å². The van der Waals surface area contributed by atoms with Crippen LogP contribution in [-0.4, -0.2) is 13.2 Å². The summed E-state index contributed by atoms with van der Waals surface area (Å²) in [6, 6.07) is 12.7. The Morgan fingerprint density at radius 1 is 1.05 bits per heavy atom. The van der Waals surface area contributed by atoms with Crippen LogP contribution >= 0.6 is 0 Å². The van der Waals surface area contributed by atoms with Gasteiger partial charge in [-0.3, -0.25) is 0 Å². The van der Waals surface area contributed by atoms with E-state index in [9.17, 15) is 0 Å². The summed E-state index contributed by atoms with van der Waals surface area (Å²) in [6.45, 7) is 8.95. The normalized spacial score (nSPS) is 10.7. The quantitative estimate of drug-likeness (QED) is 0.559. The van der Waals surface area contributed by atoms with E-state index < -0.39 is 0 Å². The van der Waals surface area contributed by atoms with Crippen molar-refractivity contribution in [1.82, 2.24) is 0 Å². The number of fused-ring (bicyclic) bond motifs is 1. The molecule has 0 aliphatic rings. The fourth-order valence-electron chi connectivity index (χ4n) is 1.98. The highest BCUT2D eigenvalue weighted by Gasteiger charge is 2.02. The van der Waals surface area contributed by atoms with Crippen LogP contribution in [0.1, 0.15) is 25.3 Å². The highest BCUT2D eigenvalue weighted by atomic mass is 16.5. The molecule has 0 saturated heterocycles. The second kappa shape index (κ2) is 6.28. The fourth-order valence-corrected chi connectivity index (χ4v) is 1.98. The Labute approximate surface area is 114 Å². The zero-order valence-corrected chi connectivity index (χ0v) is 11.6. The van der Waals surface area contributed by atoms with E-state index in [2.05, 4.69) is 50.8 Å². The molecule has 0 saturated carbocycles. The Balaban J connectivity index is 2.12. The number of ether oxygens (including phenoxy) is 2. The summed E-state index contributed by atoms with van der Waals surface area (Å²) in [5.41, 5.74) is 1.36. The number of hydrogen-bond donors (Lipinski definition) is 0. The molecular weight excluding hydrogens is 236 g/mol. The van der Waals surface area contributed by atoms with Crippen molar-refractivity contribution in [2.24, 2.45) is 0 Å². The van der Waals surface area contributed by atoms with Crippen LogP contribution in [-0.2, 0) is 4.74 Å². The average Bonchev–Trinajstić information content (AvgIpc) is 2.43. The van der Waals surface area contributed by atoms with Gasteiger partial charge in [-0.2, -0.15) is 0 Å². The van der Waals surface area contributed by atoms with Gasteiger partial charge < -0.3 is 9.47 Å². The van der Waals surface area contributed by atoms with Gasteiger partial charge in [0, 0.05) is 0 Å². The van der Waals surface area contributed by atoms with Crippen LogP contribution in [0.3, 0.4) is 0 Å². The Kier molecular flexibility index (Phi) is 4.45. The van der Waals surface area contributed by atoms with E-state index >= 15 is 0 Å². The van der Waals surface area contributed by atoms with Crippen molar-refractivity contribution in [2.45, 2.75) is 19.8 Å². The molecule has 2 heteroatoms. The van der Waals surface area contributed by atoms with E-state index in [0.29, 0.717) is 19.1 Å². The standard InChI is InChI=1S/C17H20O2/c1-4-18-9-10-19-17-8-7-15-11-14(13(2)3)5-6-16(15)12-17/h4-8,11-13H,1,9-10H2,2-3H3. The molecule has 2 nitrogen and oxygen atoms in total. The molecule has 0 amide bonds. The summed E-state index contributed by atoms with van der Waals surface area (Å²) in [6.07, 6.45) is 1.43. The lowest BCUT2D eigenvalue weighted by Gasteiger charge is -2.09. The lowest BCUT2D eigenvalue weighted by Crippen LogP contribution is -2.03. The van der Waals surface area contributed by atoms with E-state index in [1.165, 1.54) is 22.6 Å². The largest absolute Gasteiger partial charge is 0.498 e. The molecule has 2 aromatic rings. The topological polar surface area (TPSA) is 18.5 Å². The molecule has 0 aliphatic carbocycles. The highest BCUT2D eigenvalue weighted by Crippen LogP contribution is 2.24. The first kappa shape index (κ1) is 13.5. The zero-order chi connectivity index (χ0) is 13.7. The van der Waals surface area contributed by atoms with Gasteiger partial charge in [0.1, 0.15) is 19.0 Å². The zero-order valence-electron chi connectivity index (χ0n) is 11.6. The summed E-state index contributed by atoms with van der Waals surface area (Å²) < 4.78 is 10.6. The van der Waals surface area contributed by atoms with Gasteiger partial charge in [0.25, 0.3) is 0 Å². The predicted octanol–water partition coefficient (Wildman–Crippen LogP) is 4.50. The fraction of sp³-hybridized carbons (Fsp3) is 0.294. The van der Waals surface area contributed by atoms with E-state index in [0.717, 1.165) is 5.75 Å². The minimum Gasteiger partial charge on any atom is -0.498 e. The molecule has 0 bridgehead atoms. The lowest BCUT2D eigenvalue weighted by atomic mass is 9.99. The van der Waals surface area contributed by atoms with Crippen LogP contribution in [0.2, 0.25) is 0 Å². The second-order valence-electron chi connectivity index (χ2n) is 4.81. The first-order valence-corrected chi connectivity index (χ1v) is 6.59. The maximum absolute atomic E-state index is 5.62. The molecule has 2 rings (SSSR count). The Hall–Kier alpha value is -1.96. The molecule has 0 fully saturated rings. The Bertz CT molecular complexity index is 558. The van der Waals surface area contributed by atoms with Gasteiger partial charge in [-0.15, -0.1) is 0 Å². The number of rotatable bonds is 6. The highest BCUT2D eigenvalue weighted by molar-refractivity contribution is 5.84. The molecule has 19 heavy (non-hydrogen) atoms. The average molecular weight is 256 g/mol. The number of hydrogen-bond acceptors (Lipinski definition) is 2. The first-order valence-electron chi connectivity index (χ1n) is 6.59. The summed E-state index contributed by atoms with van der Waals surface area (Å²) in [5.74, 6) is 1.42. The molecule has 0 aromatic heterocycles. The van der Waals surface area contributed by atoms with Crippen LogP contribution in [0.25, 0.3) is 10.8 Å². The maximum atomic E-state index is 5.62. The molecule has 0 N–H and O–H groups in total. The van der Waals surface area contributed by atoms with Crippen LogP contribution in [0.5, 0.6) is 5.75 Å². The van der Waals surface area contributed by atoms with E-state index in [4.69, 9.17) is 9.47 Å². The summed E-state index contributed by atoms with van der Waals surface area (Å²) in [7, 11) is 0. The monoisotopic (exact) mass is 256 g/mol. The molecule has 100 valence electrons. The lowest BCUT2D eigenvalue weighted by molar-refractivity contribution is 0.180. The number of benzene rings is 2. The van der Waals surface area contributed by atoms with Crippen LogP contribution in [0, 0.1) is 0 Å². The van der Waals surface area contributed by atoms with Crippen molar-refractivity contribution in [3.8, 4) is 5.75 Å². The van der Waals surface area contributed by atoms with Crippen molar-refractivity contribution in [3.63, 3.8) is 0 Å². The molecular formula is C17H20O2. The molecule has 2 aromatic carbocycles. The Morgan fingerprint density at radius 3 is 2.53 bits per heavy atom. The molecule has 0 aliphatic heterocycles. The van der Waals surface area contributed by atoms with Gasteiger partial charge in [0.2, 0.25) is 0 Å². The third kappa shape index (κ3) is 3.50. The van der Waals surface area contributed by atoms with Gasteiger partial charge >= 0.3 is 0 Å². The minimum absolute atomic E-state index is 0.522. The molecule has 0 radical (unpaired) electrons. The van der Waals surface area contributed by atoms with Crippen LogP contribution in [0.4, 0.5) is 0 Å². The SMILES string of the molecule is C=COCCOc1ccc2cc(C(C)C)ccc2c1. The van der Waals surface area contributed by atoms with E-state index in [1.807, 2.05) is 6.07 Å². The van der Waals surface area contributed by atoms with E-state index in [1.54, 1.807) is 0 Å².